The molecule has 0 unspecified atom stereocenters. The highest BCUT2D eigenvalue weighted by molar-refractivity contribution is 14.1. The molecule has 0 fully saturated rings. The molecule has 4 nitrogen and oxygen atoms in total. The highest BCUT2D eigenvalue weighted by atomic mass is 127. The Bertz CT molecular complexity index is 911. The van der Waals surface area contributed by atoms with Crippen molar-refractivity contribution in [2.45, 2.75) is 29.7 Å². The van der Waals surface area contributed by atoms with Crippen LogP contribution in [0.4, 0.5) is 5.69 Å². The summed E-state index contributed by atoms with van der Waals surface area (Å²) in [5, 5.41) is 8.01. The largest absolute Gasteiger partial charge is 0.325 e. The van der Waals surface area contributed by atoms with Crippen LogP contribution in [-0.4, -0.2) is 15.7 Å². The first-order valence-electron chi connectivity index (χ1n) is 8.03. The Morgan fingerprint density at radius 3 is 2.65 bits per heavy atom. The fraction of sp³-hybridized carbons (Fsp3) is 0.158. The third kappa shape index (κ3) is 5.02. The van der Waals surface area contributed by atoms with Gasteiger partial charge in [0.2, 0.25) is 5.91 Å². The molecule has 1 aromatic heterocycles. The monoisotopic (exact) mass is 497 g/mol. The maximum Gasteiger partial charge on any atom is 0.226 e. The molecule has 7 heteroatoms. The number of rotatable bonds is 6. The van der Waals surface area contributed by atoms with Gasteiger partial charge in [-0.1, -0.05) is 35.5 Å². The third-order valence-corrected chi connectivity index (χ3v) is 6.19. The molecule has 0 saturated carbocycles. The second-order valence-corrected chi connectivity index (χ2v) is 8.37. The number of hydrogen-bond donors (Lipinski definition) is 1. The van der Waals surface area contributed by atoms with Gasteiger partial charge in [0.1, 0.15) is 0 Å². The summed E-state index contributed by atoms with van der Waals surface area (Å²) >= 11 is 9.77. The van der Waals surface area contributed by atoms with Gasteiger partial charge in [0.15, 0.2) is 0 Å². The minimum absolute atomic E-state index is 0.0286. The van der Waals surface area contributed by atoms with E-state index in [1.807, 2.05) is 66.3 Å². The second kappa shape index (κ2) is 8.92. The zero-order valence-corrected chi connectivity index (χ0v) is 17.8. The van der Waals surface area contributed by atoms with E-state index in [1.54, 1.807) is 11.8 Å². The third-order valence-electron chi connectivity index (χ3n) is 3.80. The maximum absolute atomic E-state index is 12.4. The SMILES string of the molecule is Cc1c(I)cnn1CCC(=O)Nc1ccccc1Sc1ccc(Cl)cc1. The predicted octanol–water partition coefficient (Wildman–Crippen LogP) is 5.63. The first-order chi connectivity index (χ1) is 12.5. The lowest BCUT2D eigenvalue weighted by atomic mass is 10.3. The van der Waals surface area contributed by atoms with E-state index in [2.05, 4.69) is 33.0 Å². The lowest BCUT2D eigenvalue weighted by molar-refractivity contribution is -0.116. The molecule has 0 aliphatic heterocycles. The first kappa shape index (κ1) is 19.3. The summed E-state index contributed by atoms with van der Waals surface area (Å²) in [7, 11) is 0. The molecule has 134 valence electrons. The normalized spacial score (nSPS) is 10.7. The highest BCUT2D eigenvalue weighted by Gasteiger charge is 2.10. The molecule has 0 aliphatic carbocycles. The predicted molar refractivity (Wildman–Crippen MR) is 115 cm³/mol. The van der Waals surface area contributed by atoms with Crippen molar-refractivity contribution in [2.24, 2.45) is 0 Å². The number of hydrogen-bond acceptors (Lipinski definition) is 3. The molecule has 0 aliphatic rings. The summed E-state index contributed by atoms with van der Waals surface area (Å²) < 4.78 is 2.96. The Morgan fingerprint density at radius 1 is 1.23 bits per heavy atom. The number of para-hydroxylation sites is 1. The second-order valence-electron chi connectivity index (χ2n) is 5.65. The molecular weight excluding hydrogens is 481 g/mol. The Labute approximate surface area is 175 Å². The quantitative estimate of drug-likeness (QED) is 0.449. The van der Waals surface area contributed by atoms with E-state index in [0.717, 1.165) is 24.7 Å². The van der Waals surface area contributed by atoms with Gasteiger partial charge in [-0.15, -0.1) is 0 Å². The van der Waals surface area contributed by atoms with Crippen molar-refractivity contribution in [3.05, 3.63) is 69.0 Å². The van der Waals surface area contributed by atoms with Crippen molar-refractivity contribution < 1.29 is 4.79 Å². The van der Waals surface area contributed by atoms with E-state index in [-0.39, 0.29) is 5.91 Å². The van der Waals surface area contributed by atoms with E-state index in [9.17, 15) is 4.79 Å². The van der Waals surface area contributed by atoms with Crippen LogP contribution in [0.2, 0.25) is 5.02 Å². The van der Waals surface area contributed by atoms with Crippen molar-refractivity contribution in [3.8, 4) is 0 Å². The first-order valence-corrected chi connectivity index (χ1v) is 10.3. The Kier molecular flexibility index (Phi) is 6.61. The summed E-state index contributed by atoms with van der Waals surface area (Å²) in [4.78, 5) is 14.4. The van der Waals surface area contributed by atoms with Crippen LogP contribution in [0.3, 0.4) is 0 Å². The molecule has 1 heterocycles. The summed E-state index contributed by atoms with van der Waals surface area (Å²) in [6.07, 6.45) is 2.18. The molecule has 26 heavy (non-hydrogen) atoms. The van der Waals surface area contributed by atoms with Gasteiger partial charge in [-0.25, -0.2) is 0 Å². The number of aromatic nitrogens is 2. The van der Waals surface area contributed by atoms with Gasteiger partial charge in [-0.3, -0.25) is 9.48 Å². The smallest absolute Gasteiger partial charge is 0.226 e. The molecule has 0 radical (unpaired) electrons. The number of halogens is 2. The van der Waals surface area contributed by atoms with Gasteiger partial charge in [0, 0.05) is 26.9 Å². The number of nitrogens with one attached hydrogen (secondary N) is 1. The molecule has 0 saturated heterocycles. The number of amides is 1. The number of carbonyl (C=O) groups is 1. The van der Waals surface area contributed by atoms with E-state index in [1.165, 1.54) is 0 Å². The summed E-state index contributed by atoms with van der Waals surface area (Å²) in [6.45, 7) is 2.57. The highest BCUT2D eigenvalue weighted by Crippen LogP contribution is 2.33. The average Bonchev–Trinajstić information content (AvgIpc) is 2.95. The minimum atomic E-state index is -0.0286. The maximum atomic E-state index is 12.4. The molecule has 0 bridgehead atoms. The molecule has 3 aromatic rings. The zero-order chi connectivity index (χ0) is 18.5. The molecule has 3 rings (SSSR count). The van der Waals surface area contributed by atoms with Crippen molar-refractivity contribution in [1.29, 1.82) is 0 Å². The van der Waals surface area contributed by atoms with E-state index in [0.29, 0.717) is 18.0 Å². The average molecular weight is 498 g/mol. The summed E-state index contributed by atoms with van der Waals surface area (Å²) in [5.41, 5.74) is 1.89. The summed E-state index contributed by atoms with van der Waals surface area (Å²) in [6, 6.07) is 15.4. The molecule has 2 aromatic carbocycles. The number of anilines is 1. The van der Waals surface area contributed by atoms with E-state index in [4.69, 9.17) is 11.6 Å². The van der Waals surface area contributed by atoms with Crippen LogP contribution in [-0.2, 0) is 11.3 Å². The molecular formula is C19H17ClIN3OS. The van der Waals surface area contributed by atoms with Gasteiger partial charge in [0.05, 0.1) is 22.0 Å². The van der Waals surface area contributed by atoms with Crippen molar-refractivity contribution >= 4 is 57.5 Å². The standard InChI is InChI=1S/C19H17ClIN3OS/c1-13-16(21)12-22-24(13)11-10-19(25)23-17-4-2-3-5-18(17)26-15-8-6-14(20)7-9-15/h2-9,12H,10-11H2,1H3,(H,23,25). The van der Waals surface area contributed by atoms with Crippen LogP contribution in [0.5, 0.6) is 0 Å². The molecule has 1 N–H and O–H groups in total. The van der Waals surface area contributed by atoms with E-state index < -0.39 is 0 Å². The van der Waals surface area contributed by atoms with Crippen LogP contribution in [0.25, 0.3) is 0 Å². The van der Waals surface area contributed by atoms with Crippen LogP contribution in [0.1, 0.15) is 12.1 Å². The fourth-order valence-corrected chi connectivity index (χ4v) is 3.79. The molecule has 0 atom stereocenters. The Morgan fingerprint density at radius 2 is 1.96 bits per heavy atom. The van der Waals surface area contributed by atoms with Crippen LogP contribution < -0.4 is 5.32 Å². The van der Waals surface area contributed by atoms with Gasteiger partial charge in [0.25, 0.3) is 0 Å². The number of nitrogens with zero attached hydrogens (tertiary/aromatic N) is 2. The van der Waals surface area contributed by atoms with Crippen molar-refractivity contribution in [3.63, 3.8) is 0 Å². The number of benzene rings is 2. The van der Waals surface area contributed by atoms with Crippen LogP contribution in [0.15, 0.2) is 64.5 Å². The van der Waals surface area contributed by atoms with Crippen molar-refractivity contribution in [1.82, 2.24) is 9.78 Å². The van der Waals surface area contributed by atoms with Gasteiger partial charge in [-0.05, 0) is 65.9 Å². The van der Waals surface area contributed by atoms with Crippen LogP contribution in [0, 0.1) is 10.5 Å². The number of aryl methyl sites for hydroxylation is 1. The number of carbonyl (C=O) groups excluding carboxylic acids is 1. The van der Waals surface area contributed by atoms with Crippen LogP contribution >= 0.6 is 46.0 Å². The molecule has 0 spiro atoms. The fourth-order valence-electron chi connectivity index (χ4n) is 2.36. The lowest BCUT2D eigenvalue weighted by Gasteiger charge is -2.11. The van der Waals surface area contributed by atoms with Gasteiger partial charge >= 0.3 is 0 Å². The van der Waals surface area contributed by atoms with E-state index >= 15 is 0 Å². The van der Waals surface area contributed by atoms with Crippen molar-refractivity contribution in [2.75, 3.05) is 5.32 Å². The Hall–Kier alpha value is -1.51. The van der Waals surface area contributed by atoms with Gasteiger partial charge < -0.3 is 5.32 Å². The zero-order valence-electron chi connectivity index (χ0n) is 14.1. The van der Waals surface area contributed by atoms with Gasteiger partial charge in [-0.2, -0.15) is 5.10 Å². The Balaban J connectivity index is 1.64. The lowest BCUT2D eigenvalue weighted by Crippen LogP contribution is -2.16. The minimum Gasteiger partial charge on any atom is -0.325 e. The topological polar surface area (TPSA) is 46.9 Å². The summed E-state index contributed by atoms with van der Waals surface area (Å²) in [5.74, 6) is -0.0286. The molecule has 1 amide bonds.